The second-order valence-corrected chi connectivity index (χ2v) is 19.7. The lowest BCUT2D eigenvalue weighted by atomic mass is 9.33. The number of fused-ring (bicyclic) bond motifs is 7. The fourth-order valence-electron chi connectivity index (χ4n) is 13.2. The van der Waals surface area contributed by atoms with E-state index in [-0.39, 0.29) is 33.3 Å². The SMILES string of the molecule is C=C(C)C1CCC2(NS(=O)(=O)Cc3ccccn3)CCC3(C)C(CCC4C5(C)CC=C(c6ccc(C(=O)O)cc6)C(C)(C)C5CCC43C)C12. The average Bonchev–Trinajstić information content (AvgIpc) is 3.40. The minimum Gasteiger partial charge on any atom is -0.478 e. The lowest BCUT2D eigenvalue weighted by Crippen LogP contribution is -2.68. The quantitative estimate of drug-likeness (QED) is 0.284. The summed E-state index contributed by atoms with van der Waals surface area (Å²) in [5.74, 6) is 1.11. The molecule has 2 N–H and O–H groups in total. The van der Waals surface area contributed by atoms with Gasteiger partial charge in [-0.05, 0) is 151 Å². The molecule has 0 aliphatic heterocycles. The second-order valence-electron chi connectivity index (χ2n) is 18.0. The van der Waals surface area contributed by atoms with E-state index in [1.807, 2.05) is 24.3 Å². The third kappa shape index (κ3) is 5.22. The van der Waals surface area contributed by atoms with Gasteiger partial charge in [0.25, 0.3) is 0 Å². The monoisotopic (exact) mass is 684 g/mol. The molecule has 49 heavy (non-hydrogen) atoms. The maximum absolute atomic E-state index is 13.8. The molecule has 9 atom stereocenters. The van der Waals surface area contributed by atoms with E-state index in [2.05, 4.69) is 63.9 Å². The van der Waals surface area contributed by atoms with Crippen LogP contribution < -0.4 is 4.72 Å². The lowest BCUT2D eigenvalue weighted by Gasteiger charge is -2.72. The number of aromatic nitrogens is 1. The maximum Gasteiger partial charge on any atom is 0.335 e. The molecule has 7 rings (SSSR count). The highest BCUT2D eigenvalue weighted by Crippen LogP contribution is 2.76. The molecule has 4 fully saturated rings. The number of sulfonamides is 1. The van der Waals surface area contributed by atoms with Gasteiger partial charge in [-0.25, -0.2) is 17.9 Å². The highest BCUT2D eigenvalue weighted by molar-refractivity contribution is 7.88. The summed E-state index contributed by atoms with van der Waals surface area (Å²) in [7, 11) is -3.59. The van der Waals surface area contributed by atoms with Crippen molar-refractivity contribution in [3.8, 4) is 0 Å². The predicted molar refractivity (Wildman–Crippen MR) is 196 cm³/mol. The number of hydrogen-bond donors (Lipinski definition) is 2. The van der Waals surface area contributed by atoms with Crippen LogP contribution in [0.4, 0.5) is 0 Å². The third-order valence-electron chi connectivity index (χ3n) is 15.5. The Hall–Kier alpha value is -2.77. The first kappa shape index (κ1) is 34.7. The van der Waals surface area contributed by atoms with Crippen LogP contribution in [0.5, 0.6) is 0 Å². The van der Waals surface area contributed by atoms with Crippen LogP contribution in [0.15, 0.2) is 66.9 Å². The van der Waals surface area contributed by atoms with E-state index >= 15 is 0 Å². The van der Waals surface area contributed by atoms with Crippen LogP contribution in [-0.2, 0) is 15.8 Å². The van der Waals surface area contributed by atoms with E-state index in [1.54, 1.807) is 24.4 Å². The normalized spacial score (nSPS) is 39.5. The number of carboxylic acid groups (broad SMARTS) is 1. The first-order valence-electron chi connectivity index (χ1n) is 18.6. The zero-order valence-electron chi connectivity index (χ0n) is 30.4. The van der Waals surface area contributed by atoms with Crippen LogP contribution in [0, 0.1) is 51.2 Å². The fourth-order valence-corrected chi connectivity index (χ4v) is 14.8. The van der Waals surface area contributed by atoms with Gasteiger partial charge in [-0.1, -0.05) is 71.0 Å². The van der Waals surface area contributed by atoms with Crippen molar-refractivity contribution in [2.45, 2.75) is 111 Å². The largest absolute Gasteiger partial charge is 0.478 e. The zero-order valence-corrected chi connectivity index (χ0v) is 31.2. The van der Waals surface area contributed by atoms with Gasteiger partial charge < -0.3 is 5.11 Å². The predicted octanol–water partition coefficient (Wildman–Crippen LogP) is 9.30. The number of benzene rings is 1. The topological polar surface area (TPSA) is 96.4 Å². The third-order valence-corrected chi connectivity index (χ3v) is 16.9. The van der Waals surface area contributed by atoms with E-state index in [1.165, 1.54) is 30.4 Å². The Morgan fingerprint density at radius 3 is 2.31 bits per heavy atom. The number of nitrogens with one attached hydrogen (secondary N) is 1. The molecule has 264 valence electrons. The molecule has 4 saturated carbocycles. The Balaban J connectivity index is 1.21. The van der Waals surface area contributed by atoms with Crippen molar-refractivity contribution in [1.82, 2.24) is 9.71 Å². The van der Waals surface area contributed by atoms with Gasteiger partial charge in [-0.15, -0.1) is 0 Å². The van der Waals surface area contributed by atoms with Gasteiger partial charge in [0.15, 0.2) is 0 Å². The first-order chi connectivity index (χ1) is 23.0. The Morgan fingerprint density at radius 2 is 1.65 bits per heavy atom. The Labute approximate surface area is 294 Å². The van der Waals surface area contributed by atoms with Crippen molar-refractivity contribution in [3.63, 3.8) is 0 Å². The van der Waals surface area contributed by atoms with Crippen molar-refractivity contribution in [2.75, 3.05) is 0 Å². The van der Waals surface area contributed by atoms with E-state index in [4.69, 9.17) is 0 Å². The van der Waals surface area contributed by atoms with Crippen LogP contribution in [-0.4, -0.2) is 30.0 Å². The maximum atomic E-state index is 13.8. The highest BCUT2D eigenvalue weighted by Gasteiger charge is 2.70. The molecule has 7 heteroatoms. The van der Waals surface area contributed by atoms with Gasteiger partial charge in [0.2, 0.25) is 10.0 Å². The highest BCUT2D eigenvalue weighted by atomic mass is 32.2. The molecule has 0 saturated heterocycles. The van der Waals surface area contributed by atoms with E-state index in [9.17, 15) is 18.3 Å². The summed E-state index contributed by atoms with van der Waals surface area (Å²) < 4.78 is 31.1. The van der Waals surface area contributed by atoms with Crippen molar-refractivity contribution in [2.24, 2.45) is 51.2 Å². The van der Waals surface area contributed by atoms with E-state index < -0.39 is 21.5 Å². The summed E-state index contributed by atoms with van der Waals surface area (Å²) in [5, 5.41) is 9.47. The number of hydrogen-bond acceptors (Lipinski definition) is 4. The Morgan fingerprint density at radius 1 is 0.918 bits per heavy atom. The minimum absolute atomic E-state index is 0.0407. The number of pyridine rings is 1. The molecular formula is C42H56N2O4S. The van der Waals surface area contributed by atoms with Crippen LogP contribution in [0.3, 0.4) is 0 Å². The molecule has 1 aromatic carbocycles. The molecule has 1 aromatic heterocycles. The van der Waals surface area contributed by atoms with Gasteiger partial charge in [0.1, 0.15) is 5.75 Å². The standard InChI is InChI=1S/C42H56N2O4S/c1-27(2)31-17-22-42(44-49(47,48)26-30-10-8-9-25-43-30)24-23-40(6)33(36(31)42)15-16-35-39(5)20-18-32(28-11-13-29(14-12-28)37(45)46)38(3,4)34(39)19-21-41(35,40)7/h8-14,18,25,31,33-36,44H,1,15-17,19-24,26H2,2-7H3,(H,45,46). The summed E-state index contributed by atoms with van der Waals surface area (Å²) in [4.78, 5) is 15.9. The van der Waals surface area contributed by atoms with Gasteiger partial charge >= 0.3 is 5.97 Å². The lowest BCUT2D eigenvalue weighted by molar-refractivity contribution is -0.218. The number of carboxylic acids is 1. The smallest absolute Gasteiger partial charge is 0.335 e. The number of aromatic carboxylic acids is 1. The first-order valence-corrected chi connectivity index (χ1v) is 20.2. The van der Waals surface area contributed by atoms with Crippen molar-refractivity contribution in [1.29, 1.82) is 0 Å². The van der Waals surface area contributed by atoms with Gasteiger partial charge in [0.05, 0.1) is 11.3 Å². The zero-order chi connectivity index (χ0) is 35.2. The van der Waals surface area contributed by atoms with Crippen LogP contribution in [0.2, 0.25) is 0 Å². The van der Waals surface area contributed by atoms with Crippen LogP contribution >= 0.6 is 0 Å². The van der Waals surface area contributed by atoms with Crippen LogP contribution in [0.25, 0.3) is 5.57 Å². The van der Waals surface area contributed by atoms with E-state index in [0.717, 1.165) is 44.1 Å². The van der Waals surface area contributed by atoms with Gasteiger partial charge in [0, 0.05) is 11.7 Å². The Bertz CT molecular complexity index is 1780. The molecule has 5 aliphatic carbocycles. The summed E-state index contributed by atoms with van der Waals surface area (Å²) in [6.45, 7) is 19.3. The second kappa shape index (κ2) is 11.6. The van der Waals surface area contributed by atoms with Crippen LogP contribution in [0.1, 0.15) is 121 Å². The van der Waals surface area contributed by atoms with Crippen molar-refractivity contribution in [3.05, 3.63) is 83.7 Å². The Kier molecular flexibility index (Phi) is 8.23. The number of allylic oxidation sites excluding steroid dienone is 3. The molecule has 6 nitrogen and oxygen atoms in total. The summed E-state index contributed by atoms with van der Waals surface area (Å²) in [5.41, 5.74) is 4.52. The molecule has 0 radical (unpaired) electrons. The van der Waals surface area contributed by atoms with Crippen molar-refractivity contribution >= 4 is 21.6 Å². The van der Waals surface area contributed by atoms with Crippen molar-refractivity contribution < 1.29 is 18.3 Å². The van der Waals surface area contributed by atoms with Gasteiger partial charge in [-0.2, -0.15) is 0 Å². The molecule has 2 aromatic rings. The number of nitrogens with zero attached hydrogens (tertiary/aromatic N) is 1. The molecular weight excluding hydrogens is 629 g/mol. The summed E-state index contributed by atoms with van der Waals surface area (Å²) >= 11 is 0. The number of carbonyl (C=O) groups is 1. The molecule has 9 unspecified atom stereocenters. The summed E-state index contributed by atoms with van der Waals surface area (Å²) in [6.07, 6.45) is 13.6. The summed E-state index contributed by atoms with van der Waals surface area (Å²) in [6, 6.07) is 13.0. The van der Waals surface area contributed by atoms with E-state index in [0.29, 0.717) is 34.9 Å². The number of rotatable bonds is 7. The minimum atomic E-state index is -3.59. The molecule has 1 heterocycles. The molecule has 5 aliphatic rings. The molecule has 0 amide bonds. The molecule has 0 spiro atoms. The molecule has 0 bridgehead atoms. The fraction of sp³-hybridized carbons (Fsp3) is 0.619. The van der Waals surface area contributed by atoms with Gasteiger partial charge in [-0.3, -0.25) is 4.98 Å². The average molecular weight is 685 g/mol.